The van der Waals surface area contributed by atoms with Gasteiger partial charge in [0.05, 0.1) is 6.61 Å². The van der Waals surface area contributed by atoms with Crippen LogP contribution in [0.2, 0.25) is 0 Å². The summed E-state index contributed by atoms with van der Waals surface area (Å²) in [4.78, 5) is 25.9. The van der Waals surface area contributed by atoms with Crippen LogP contribution in [0.1, 0.15) is 20.1 Å². The van der Waals surface area contributed by atoms with E-state index in [-0.39, 0.29) is 5.69 Å². The summed E-state index contributed by atoms with van der Waals surface area (Å²) in [6.07, 6.45) is -4.01. The highest BCUT2D eigenvalue weighted by molar-refractivity contribution is 5.28. The minimum absolute atomic E-state index is 0.153. The maximum absolute atomic E-state index is 12.0. The van der Waals surface area contributed by atoms with Crippen molar-refractivity contribution in [1.29, 1.82) is 0 Å². The molecule has 0 saturated carbocycles. The lowest BCUT2D eigenvalue weighted by Gasteiger charge is -2.17. The van der Waals surface area contributed by atoms with Crippen molar-refractivity contribution in [2.24, 2.45) is 10.3 Å². The normalized spacial score (nSPS) is 27.0. The quantitative estimate of drug-likeness (QED) is 0.362. The first kappa shape index (κ1) is 18.3. The lowest BCUT2D eigenvalue weighted by molar-refractivity contribution is -0.0549. The molecule has 4 atom stereocenters. The van der Waals surface area contributed by atoms with E-state index in [9.17, 15) is 19.8 Å². The zero-order valence-corrected chi connectivity index (χ0v) is 13.4. The molecule has 1 fully saturated rings. The summed E-state index contributed by atoms with van der Waals surface area (Å²) >= 11 is 0. The molecule has 0 radical (unpaired) electrons. The monoisotopic (exact) mass is 343 g/mol. The second-order valence-electron chi connectivity index (χ2n) is 5.24. The van der Waals surface area contributed by atoms with Gasteiger partial charge in [0, 0.05) is 19.3 Å². The van der Waals surface area contributed by atoms with E-state index in [1.54, 1.807) is 5.01 Å². The molecule has 0 unspecified atom stereocenters. The molecule has 11 nitrogen and oxygen atoms in total. The second kappa shape index (κ2) is 7.66. The lowest BCUT2D eigenvalue weighted by Crippen LogP contribution is -2.37. The highest BCUT2D eigenvalue weighted by Crippen LogP contribution is 2.28. The second-order valence-corrected chi connectivity index (χ2v) is 5.24. The van der Waals surface area contributed by atoms with Gasteiger partial charge in [0.25, 0.3) is 5.56 Å². The number of hydrogen-bond donors (Lipinski definition) is 4. The molecule has 24 heavy (non-hydrogen) atoms. The Bertz CT molecular complexity index is 697. The molecule has 2 heterocycles. The molecule has 1 saturated heterocycles. The third-order valence-electron chi connectivity index (χ3n) is 3.75. The first-order valence-electron chi connectivity index (χ1n) is 7.57. The van der Waals surface area contributed by atoms with Gasteiger partial charge in [0.2, 0.25) is 0 Å². The van der Waals surface area contributed by atoms with Crippen LogP contribution in [0.3, 0.4) is 0 Å². The molecule has 0 bridgehead atoms. The average Bonchev–Trinajstić information content (AvgIpc) is 2.85. The predicted molar refractivity (Wildman–Crippen MR) is 81.8 cm³/mol. The maximum atomic E-state index is 12.0. The van der Waals surface area contributed by atoms with E-state index >= 15 is 0 Å². The number of aliphatic hydroxyl groups excluding tert-OH is 3. The summed E-state index contributed by atoms with van der Waals surface area (Å²) in [5.74, 6) is 0. The average molecular weight is 343 g/mol. The fraction of sp³-hybridized carbons (Fsp3) is 0.692. The Kier molecular flexibility index (Phi) is 5.83. The van der Waals surface area contributed by atoms with E-state index in [1.165, 1.54) is 0 Å². The first-order valence-corrected chi connectivity index (χ1v) is 7.57. The van der Waals surface area contributed by atoms with Gasteiger partial charge in [-0.15, -0.1) is 5.11 Å². The van der Waals surface area contributed by atoms with E-state index in [4.69, 9.17) is 9.84 Å². The predicted octanol–water partition coefficient (Wildman–Crippen LogP) is -1.51. The minimum Gasteiger partial charge on any atom is -0.394 e. The summed E-state index contributed by atoms with van der Waals surface area (Å²) in [6.45, 7) is 4.39. The SMILES string of the molecule is CCN(CC)N=Nc1cn([C@@H]2O[C@H](CO)[C@@H](O)[C@H]2O)c(=O)[nH]c1=O. The topological polar surface area (TPSA) is 153 Å². The van der Waals surface area contributed by atoms with E-state index in [2.05, 4.69) is 15.3 Å². The molecule has 1 aliphatic heterocycles. The zero-order chi connectivity index (χ0) is 17.9. The smallest absolute Gasteiger partial charge is 0.330 e. The van der Waals surface area contributed by atoms with Crippen LogP contribution in [0.25, 0.3) is 0 Å². The Hall–Kier alpha value is -2.08. The molecule has 2 rings (SSSR count). The van der Waals surface area contributed by atoms with Crippen LogP contribution >= 0.6 is 0 Å². The number of H-pyrrole nitrogens is 1. The van der Waals surface area contributed by atoms with Crippen molar-refractivity contribution in [2.75, 3.05) is 19.7 Å². The van der Waals surface area contributed by atoms with Gasteiger partial charge in [-0.2, -0.15) is 0 Å². The van der Waals surface area contributed by atoms with Crippen LogP contribution in [0, 0.1) is 0 Å². The standard InChI is InChI=1S/C13H21N5O6/c1-3-17(4-2)16-15-7-5-18(13(23)14-11(7)22)12-10(21)9(20)8(6-19)24-12/h5,8-10,12,19-21H,3-4,6H2,1-2H3,(H,14,22,23)/t8-,9-,10-,12-/m1/s1. The summed E-state index contributed by atoms with van der Waals surface area (Å²) in [5, 5.41) is 38.2. The molecular formula is C13H21N5O6. The van der Waals surface area contributed by atoms with E-state index in [0.717, 1.165) is 10.8 Å². The van der Waals surface area contributed by atoms with Crippen LogP contribution < -0.4 is 11.2 Å². The van der Waals surface area contributed by atoms with Crippen molar-refractivity contribution in [2.45, 2.75) is 38.4 Å². The number of nitrogens with one attached hydrogen (secondary N) is 1. The minimum atomic E-state index is -1.45. The Balaban J connectivity index is 2.37. The Morgan fingerprint density at radius 2 is 1.96 bits per heavy atom. The fourth-order valence-corrected chi connectivity index (χ4v) is 2.31. The van der Waals surface area contributed by atoms with Crippen LogP contribution in [0.5, 0.6) is 0 Å². The number of aromatic nitrogens is 2. The largest absolute Gasteiger partial charge is 0.394 e. The fourth-order valence-electron chi connectivity index (χ4n) is 2.31. The number of nitrogens with zero attached hydrogens (tertiary/aromatic N) is 4. The van der Waals surface area contributed by atoms with Gasteiger partial charge in [-0.05, 0) is 13.8 Å². The van der Waals surface area contributed by atoms with Crippen LogP contribution in [-0.4, -0.2) is 67.9 Å². The molecule has 1 aliphatic rings. The first-order chi connectivity index (χ1) is 11.4. The van der Waals surface area contributed by atoms with E-state index in [1.807, 2.05) is 13.8 Å². The molecule has 11 heteroatoms. The van der Waals surface area contributed by atoms with Gasteiger partial charge >= 0.3 is 5.69 Å². The molecule has 0 aliphatic carbocycles. The third-order valence-corrected chi connectivity index (χ3v) is 3.75. The summed E-state index contributed by atoms with van der Waals surface area (Å²) < 4.78 is 6.18. The molecule has 0 aromatic carbocycles. The Labute approximate surface area is 136 Å². The Morgan fingerprint density at radius 3 is 2.50 bits per heavy atom. The molecule has 1 aromatic heterocycles. The number of ether oxygens (including phenoxy) is 1. The van der Waals surface area contributed by atoms with Crippen molar-refractivity contribution in [1.82, 2.24) is 14.6 Å². The van der Waals surface area contributed by atoms with Gasteiger partial charge in [-0.3, -0.25) is 19.4 Å². The summed E-state index contributed by atoms with van der Waals surface area (Å²) in [7, 11) is 0. The van der Waals surface area contributed by atoms with Crippen LogP contribution in [0.4, 0.5) is 5.69 Å². The molecule has 4 N–H and O–H groups in total. The van der Waals surface area contributed by atoms with Crippen LogP contribution in [-0.2, 0) is 4.74 Å². The molecule has 0 amide bonds. The number of hydrogen-bond acceptors (Lipinski definition) is 8. The number of aromatic amines is 1. The Morgan fingerprint density at radius 1 is 1.29 bits per heavy atom. The molecule has 134 valence electrons. The van der Waals surface area contributed by atoms with E-state index < -0.39 is 42.4 Å². The zero-order valence-electron chi connectivity index (χ0n) is 13.4. The number of aliphatic hydroxyl groups is 3. The maximum Gasteiger partial charge on any atom is 0.330 e. The van der Waals surface area contributed by atoms with Gasteiger partial charge in [0.1, 0.15) is 18.3 Å². The van der Waals surface area contributed by atoms with Crippen molar-refractivity contribution in [3.8, 4) is 0 Å². The molecular weight excluding hydrogens is 322 g/mol. The van der Waals surface area contributed by atoms with Gasteiger partial charge in [-0.25, -0.2) is 4.79 Å². The van der Waals surface area contributed by atoms with Crippen molar-refractivity contribution < 1.29 is 20.1 Å². The van der Waals surface area contributed by atoms with Gasteiger partial charge < -0.3 is 20.1 Å². The van der Waals surface area contributed by atoms with Crippen molar-refractivity contribution in [3.05, 3.63) is 27.0 Å². The highest BCUT2D eigenvalue weighted by atomic mass is 16.6. The third kappa shape index (κ3) is 3.53. The summed E-state index contributed by atoms with van der Waals surface area (Å²) in [6, 6.07) is 0. The van der Waals surface area contributed by atoms with Crippen molar-refractivity contribution >= 4 is 5.69 Å². The lowest BCUT2D eigenvalue weighted by atomic mass is 10.1. The van der Waals surface area contributed by atoms with Gasteiger partial charge in [-0.1, -0.05) is 5.22 Å². The summed E-state index contributed by atoms with van der Waals surface area (Å²) in [5.41, 5.74) is -1.73. The van der Waals surface area contributed by atoms with Gasteiger partial charge in [0.15, 0.2) is 11.9 Å². The molecule has 0 spiro atoms. The molecule has 1 aromatic rings. The van der Waals surface area contributed by atoms with Crippen LogP contribution in [0.15, 0.2) is 26.1 Å². The van der Waals surface area contributed by atoms with E-state index in [0.29, 0.717) is 13.1 Å². The highest BCUT2D eigenvalue weighted by Gasteiger charge is 2.43. The van der Waals surface area contributed by atoms with Crippen molar-refractivity contribution in [3.63, 3.8) is 0 Å². The number of rotatable bonds is 6.